The van der Waals surface area contributed by atoms with Gasteiger partial charge in [-0.2, -0.15) is 0 Å². The van der Waals surface area contributed by atoms with Crippen LogP contribution in [-0.4, -0.2) is 26.8 Å². The highest BCUT2D eigenvalue weighted by atomic mass is 16.5. The van der Waals surface area contributed by atoms with E-state index in [9.17, 15) is 0 Å². The van der Waals surface area contributed by atoms with Crippen LogP contribution in [0.3, 0.4) is 0 Å². The summed E-state index contributed by atoms with van der Waals surface area (Å²) in [5.41, 5.74) is 0. The molecule has 0 atom stereocenters. The van der Waals surface area contributed by atoms with Gasteiger partial charge in [-0.05, 0) is 19.5 Å². The molecule has 10 heavy (non-hydrogen) atoms. The van der Waals surface area contributed by atoms with Crippen molar-refractivity contribution in [1.82, 2.24) is 5.32 Å². The zero-order valence-electron chi connectivity index (χ0n) is 6.89. The Morgan fingerprint density at radius 2 is 2.20 bits per heavy atom. The highest BCUT2D eigenvalue weighted by Crippen LogP contribution is 1.80. The molecular weight excluding hydrogens is 126 g/mol. The third-order valence-electron chi connectivity index (χ3n) is 1.17. The first-order valence-corrected chi connectivity index (χ1v) is 3.76. The van der Waals surface area contributed by atoms with Gasteiger partial charge in [-0.15, -0.1) is 0 Å². The van der Waals surface area contributed by atoms with Crippen LogP contribution in [0.1, 0.15) is 13.3 Å². The molecule has 0 saturated carbocycles. The molecule has 0 spiro atoms. The summed E-state index contributed by atoms with van der Waals surface area (Å²) in [7, 11) is 1.70. The highest BCUT2D eigenvalue weighted by Gasteiger charge is 1.77. The number of methoxy groups -OCH3 is 1. The molecule has 0 saturated heterocycles. The predicted octanol–water partition coefficient (Wildman–Crippen LogP) is 1.19. The summed E-state index contributed by atoms with van der Waals surface area (Å²) in [4.78, 5) is 0. The second-order valence-electron chi connectivity index (χ2n) is 2.07. The first-order chi connectivity index (χ1) is 4.91. The fourth-order valence-corrected chi connectivity index (χ4v) is 0.644. The third-order valence-corrected chi connectivity index (χ3v) is 1.17. The second-order valence-corrected chi connectivity index (χ2v) is 2.07. The molecule has 1 N–H and O–H groups in total. The van der Waals surface area contributed by atoms with Gasteiger partial charge in [-0.25, -0.2) is 0 Å². The van der Waals surface area contributed by atoms with Crippen molar-refractivity contribution in [1.29, 1.82) is 0 Å². The molecule has 0 unspecified atom stereocenters. The van der Waals surface area contributed by atoms with Crippen molar-refractivity contribution < 1.29 is 4.74 Å². The average Bonchev–Trinajstić information content (AvgIpc) is 1.97. The summed E-state index contributed by atoms with van der Waals surface area (Å²) in [6.07, 6.45) is 5.26. The summed E-state index contributed by atoms with van der Waals surface area (Å²) in [5, 5.41) is 3.23. The van der Waals surface area contributed by atoms with Crippen LogP contribution in [0.2, 0.25) is 0 Å². The van der Waals surface area contributed by atoms with E-state index in [0.717, 1.165) is 26.1 Å². The highest BCUT2D eigenvalue weighted by molar-refractivity contribution is 4.81. The van der Waals surface area contributed by atoms with E-state index in [4.69, 9.17) is 4.74 Å². The van der Waals surface area contributed by atoms with Crippen molar-refractivity contribution in [3.8, 4) is 0 Å². The summed E-state index contributed by atoms with van der Waals surface area (Å²) in [5.74, 6) is 0. The Kier molecular flexibility index (Phi) is 8.37. The molecule has 2 heteroatoms. The van der Waals surface area contributed by atoms with Gasteiger partial charge in [0.15, 0.2) is 0 Å². The Bertz CT molecular complexity index is 81.3. The number of hydrogen-bond acceptors (Lipinski definition) is 2. The van der Waals surface area contributed by atoms with Crippen LogP contribution >= 0.6 is 0 Å². The smallest absolute Gasteiger partial charge is 0.0643 e. The van der Waals surface area contributed by atoms with Gasteiger partial charge in [0, 0.05) is 7.11 Å². The van der Waals surface area contributed by atoms with Crippen LogP contribution in [0, 0.1) is 0 Å². The molecule has 0 aromatic carbocycles. The van der Waals surface area contributed by atoms with Gasteiger partial charge >= 0.3 is 0 Å². The Hall–Kier alpha value is -0.340. The molecule has 0 aromatic heterocycles. The van der Waals surface area contributed by atoms with E-state index in [1.165, 1.54) is 0 Å². The van der Waals surface area contributed by atoms with Crippen LogP contribution in [0.15, 0.2) is 12.2 Å². The summed E-state index contributed by atoms with van der Waals surface area (Å²) in [6.45, 7) is 4.96. The molecule has 0 rings (SSSR count). The van der Waals surface area contributed by atoms with Crippen molar-refractivity contribution >= 4 is 0 Å². The first kappa shape index (κ1) is 9.66. The van der Waals surface area contributed by atoms with Crippen LogP contribution in [0.25, 0.3) is 0 Å². The maximum absolute atomic E-state index is 4.84. The van der Waals surface area contributed by atoms with Crippen LogP contribution in [0.4, 0.5) is 0 Å². The minimum absolute atomic E-state index is 0.728. The number of hydrogen-bond donors (Lipinski definition) is 1. The van der Waals surface area contributed by atoms with E-state index in [2.05, 4.69) is 18.3 Å². The lowest BCUT2D eigenvalue weighted by Crippen LogP contribution is -2.12. The zero-order valence-corrected chi connectivity index (χ0v) is 6.89. The lowest BCUT2D eigenvalue weighted by atomic mass is 10.4. The predicted molar refractivity (Wildman–Crippen MR) is 44.2 cm³/mol. The third kappa shape index (κ3) is 7.66. The van der Waals surface area contributed by atoms with Crippen LogP contribution in [0.5, 0.6) is 0 Å². The molecule has 0 aliphatic heterocycles. The van der Waals surface area contributed by atoms with Gasteiger partial charge in [0.25, 0.3) is 0 Å². The second kappa shape index (κ2) is 8.66. The maximum atomic E-state index is 4.84. The SMILES string of the molecule is CCNCC/C=C/COC. The molecule has 0 aromatic rings. The topological polar surface area (TPSA) is 21.3 Å². The van der Waals surface area contributed by atoms with E-state index < -0.39 is 0 Å². The Labute approximate surface area is 63.3 Å². The first-order valence-electron chi connectivity index (χ1n) is 3.76. The molecule has 60 valence electrons. The number of nitrogens with one attached hydrogen (secondary N) is 1. The van der Waals surface area contributed by atoms with Crippen molar-refractivity contribution in [2.24, 2.45) is 0 Å². The number of rotatable bonds is 6. The average molecular weight is 143 g/mol. The van der Waals surface area contributed by atoms with E-state index in [-0.39, 0.29) is 0 Å². The quantitative estimate of drug-likeness (QED) is 0.445. The summed E-state index contributed by atoms with van der Waals surface area (Å²) < 4.78 is 4.84. The van der Waals surface area contributed by atoms with Gasteiger partial charge in [-0.3, -0.25) is 0 Å². The molecule has 0 aliphatic carbocycles. The van der Waals surface area contributed by atoms with Crippen molar-refractivity contribution in [2.45, 2.75) is 13.3 Å². The van der Waals surface area contributed by atoms with E-state index >= 15 is 0 Å². The van der Waals surface area contributed by atoms with E-state index in [1.54, 1.807) is 7.11 Å². The molecule has 0 bridgehead atoms. The van der Waals surface area contributed by atoms with Crippen LogP contribution in [-0.2, 0) is 4.74 Å². The molecule has 2 nitrogen and oxygen atoms in total. The Morgan fingerprint density at radius 3 is 2.80 bits per heavy atom. The molecule has 0 radical (unpaired) electrons. The Balaban J connectivity index is 2.88. The zero-order chi connectivity index (χ0) is 7.66. The molecule has 0 fully saturated rings. The van der Waals surface area contributed by atoms with Gasteiger partial charge in [0.2, 0.25) is 0 Å². The molecule has 0 amide bonds. The van der Waals surface area contributed by atoms with Crippen molar-refractivity contribution in [2.75, 3.05) is 26.8 Å². The Morgan fingerprint density at radius 1 is 1.40 bits per heavy atom. The monoisotopic (exact) mass is 143 g/mol. The standard InChI is InChI=1S/C8H17NO/c1-3-9-7-5-4-6-8-10-2/h4,6,9H,3,5,7-8H2,1-2H3/b6-4+. The van der Waals surface area contributed by atoms with Gasteiger partial charge in [0.05, 0.1) is 6.61 Å². The molecule has 0 aliphatic rings. The van der Waals surface area contributed by atoms with E-state index in [0.29, 0.717) is 0 Å². The fourth-order valence-electron chi connectivity index (χ4n) is 0.644. The normalized spacial score (nSPS) is 11.0. The summed E-state index contributed by atoms with van der Waals surface area (Å²) >= 11 is 0. The maximum Gasteiger partial charge on any atom is 0.0643 e. The minimum atomic E-state index is 0.728. The van der Waals surface area contributed by atoms with Crippen molar-refractivity contribution in [3.05, 3.63) is 12.2 Å². The van der Waals surface area contributed by atoms with Crippen LogP contribution < -0.4 is 5.32 Å². The number of ether oxygens (including phenoxy) is 1. The minimum Gasteiger partial charge on any atom is -0.381 e. The largest absolute Gasteiger partial charge is 0.381 e. The fraction of sp³-hybridized carbons (Fsp3) is 0.750. The molecule has 0 heterocycles. The lowest BCUT2D eigenvalue weighted by Gasteiger charge is -1.94. The van der Waals surface area contributed by atoms with E-state index in [1.807, 2.05) is 6.08 Å². The van der Waals surface area contributed by atoms with Gasteiger partial charge in [-0.1, -0.05) is 19.1 Å². The summed E-state index contributed by atoms with van der Waals surface area (Å²) in [6, 6.07) is 0. The lowest BCUT2D eigenvalue weighted by molar-refractivity contribution is 0.233. The van der Waals surface area contributed by atoms with Crippen molar-refractivity contribution in [3.63, 3.8) is 0 Å². The van der Waals surface area contributed by atoms with Gasteiger partial charge in [0.1, 0.15) is 0 Å². The molecular formula is C8H17NO. The van der Waals surface area contributed by atoms with Gasteiger partial charge < -0.3 is 10.1 Å².